The molecule has 0 aliphatic heterocycles. The molecule has 1 amide bonds. The first-order valence-corrected chi connectivity index (χ1v) is 5.97. The highest BCUT2D eigenvalue weighted by molar-refractivity contribution is 6.20. The second kappa shape index (κ2) is 5.92. The summed E-state index contributed by atoms with van der Waals surface area (Å²) in [6.07, 6.45) is 3.03. The molecule has 0 saturated carbocycles. The van der Waals surface area contributed by atoms with Crippen LogP contribution in [-0.4, -0.2) is 11.5 Å². The number of benzene rings is 1. The van der Waals surface area contributed by atoms with E-state index < -0.39 is 5.57 Å². The first-order valence-electron chi connectivity index (χ1n) is 5.59. The van der Waals surface area contributed by atoms with Gasteiger partial charge in [-0.15, -0.1) is 8.78 Å². The number of carbonyl (C=O) groups excluding carboxylic acids is 1. The number of nitrogens with one attached hydrogen (secondary N) is 1. The molecule has 0 fully saturated rings. The maximum atomic E-state index is 12.5. The van der Waals surface area contributed by atoms with Crippen molar-refractivity contribution in [1.29, 1.82) is 0 Å². The molecule has 0 aliphatic carbocycles. The molecule has 0 atom stereocenters. The topological polar surface area (TPSA) is 51.5 Å². The molecule has 7 heteroatoms. The average Bonchev–Trinajstić information content (AvgIpc) is 2.79. The number of anilines is 1. The van der Waals surface area contributed by atoms with Gasteiger partial charge in [-0.3, -0.25) is 4.79 Å². The van der Waals surface area contributed by atoms with Crippen molar-refractivity contribution in [2.45, 2.75) is 12.0 Å². The molecule has 0 bridgehead atoms. The van der Waals surface area contributed by atoms with E-state index in [0.29, 0.717) is 11.3 Å². The zero-order valence-corrected chi connectivity index (χ0v) is 10.9. The number of hydrogen-bond acceptors (Lipinski definition) is 3. The summed E-state index contributed by atoms with van der Waals surface area (Å²) in [6, 6.07) is 7.23. The molecule has 1 N–H and O–H groups in total. The summed E-state index contributed by atoms with van der Waals surface area (Å²) < 4.78 is 34.0. The number of halogens is 3. The summed E-state index contributed by atoms with van der Waals surface area (Å²) in [5, 5.41) is 2.56. The molecule has 0 spiro atoms. The van der Waals surface area contributed by atoms with Crippen LogP contribution in [0, 0.1) is 0 Å². The van der Waals surface area contributed by atoms with Gasteiger partial charge in [-0.1, -0.05) is 6.07 Å². The van der Waals surface area contributed by atoms with Crippen LogP contribution in [0.5, 0.6) is 5.75 Å². The van der Waals surface area contributed by atoms with Crippen molar-refractivity contribution in [1.82, 2.24) is 0 Å². The molecule has 1 aromatic carbocycles. The summed E-state index contributed by atoms with van der Waals surface area (Å²) >= 11 is 4.67. The van der Waals surface area contributed by atoms with Crippen molar-refractivity contribution in [3.05, 3.63) is 48.4 Å². The number of carbonyl (C=O) groups is 1. The molecule has 4 nitrogen and oxygen atoms in total. The number of hydrogen-bond donors (Lipinski definition) is 1. The Morgan fingerprint density at radius 2 is 2.20 bits per heavy atom. The fourth-order valence-electron chi connectivity index (χ4n) is 1.55. The molecular formula is C13H10ClF2NO3. The molecule has 0 unspecified atom stereocenters. The highest BCUT2D eigenvalue weighted by Crippen LogP contribution is 2.26. The molecule has 2 aromatic rings. The van der Waals surface area contributed by atoms with Gasteiger partial charge in [-0.25, -0.2) is 0 Å². The Hall–Kier alpha value is -2.08. The molecule has 1 aromatic heterocycles. The Balaban J connectivity index is 1.99. The lowest BCUT2D eigenvalue weighted by atomic mass is 10.2. The van der Waals surface area contributed by atoms with E-state index in [1.54, 1.807) is 12.1 Å². The van der Waals surface area contributed by atoms with Crippen molar-refractivity contribution < 1.29 is 22.7 Å². The van der Waals surface area contributed by atoms with Crippen LogP contribution in [0.2, 0.25) is 0 Å². The number of amides is 1. The van der Waals surface area contributed by atoms with Crippen LogP contribution < -0.4 is 10.1 Å². The van der Waals surface area contributed by atoms with Crippen molar-refractivity contribution in [2.24, 2.45) is 0 Å². The lowest BCUT2D eigenvalue weighted by Crippen LogP contribution is -2.16. The monoisotopic (exact) mass is 301 g/mol. The van der Waals surface area contributed by atoms with Crippen molar-refractivity contribution in [3.63, 3.8) is 0 Å². The van der Waals surface area contributed by atoms with Crippen LogP contribution >= 0.6 is 11.6 Å². The van der Waals surface area contributed by atoms with Gasteiger partial charge in [-0.05, 0) is 23.8 Å². The lowest BCUT2D eigenvalue weighted by molar-refractivity contribution is -0.115. The Morgan fingerprint density at radius 1 is 1.40 bits per heavy atom. The maximum Gasteiger partial charge on any atom is 0.487 e. The van der Waals surface area contributed by atoms with Gasteiger partial charge in [0.05, 0.1) is 18.9 Å². The highest BCUT2D eigenvalue weighted by atomic mass is 35.5. The van der Waals surface area contributed by atoms with E-state index in [2.05, 4.69) is 21.7 Å². The van der Waals surface area contributed by atoms with Gasteiger partial charge in [0.15, 0.2) is 0 Å². The fourth-order valence-corrected chi connectivity index (χ4v) is 1.64. The van der Waals surface area contributed by atoms with Gasteiger partial charge in [0.1, 0.15) is 5.75 Å². The normalized spacial score (nSPS) is 11.2. The number of alkyl halides is 3. The summed E-state index contributed by atoms with van der Waals surface area (Å²) in [5.41, 5.74) is -2.75. The van der Waals surface area contributed by atoms with Gasteiger partial charge >= 0.3 is 5.57 Å². The number of ether oxygens (including phenoxy) is 1. The predicted molar refractivity (Wildman–Crippen MR) is 68.9 cm³/mol. The summed E-state index contributed by atoms with van der Waals surface area (Å²) in [7, 11) is 0. The van der Waals surface area contributed by atoms with Crippen LogP contribution in [-0.2, 0) is 11.2 Å². The fraction of sp³-hybridized carbons (Fsp3) is 0.154. The zero-order valence-electron chi connectivity index (χ0n) is 10.1. The Kier molecular flexibility index (Phi) is 4.24. The van der Waals surface area contributed by atoms with Gasteiger partial charge < -0.3 is 14.5 Å². The van der Waals surface area contributed by atoms with E-state index in [1.807, 2.05) is 0 Å². The van der Waals surface area contributed by atoms with E-state index in [-0.39, 0.29) is 18.1 Å². The van der Waals surface area contributed by atoms with E-state index in [0.717, 1.165) is 0 Å². The largest absolute Gasteiger partial charge is 0.487 e. The molecule has 0 saturated heterocycles. The minimum atomic E-state index is -3.79. The van der Waals surface area contributed by atoms with Gasteiger partial charge in [0, 0.05) is 23.4 Å². The maximum absolute atomic E-state index is 12.5. The summed E-state index contributed by atoms with van der Waals surface area (Å²) in [4.78, 5) is 11.7. The second-order valence-corrected chi connectivity index (χ2v) is 4.37. The molecule has 0 radical (unpaired) electrons. The lowest BCUT2D eigenvalue weighted by Gasteiger charge is -2.11. The van der Waals surface area contributed by atoms with Gasteiger partial charge in [0.2, 0.25) is 5.91 Å². The minimum absolute atomic E-state index is 0.118. The summed E-state index contributed by atoms with van der Waals surface area (Å²) in [6.45, 7) is 0. The van der Waals surface area contributed by atoms with Gasteiger partial charge in [0.25, 0.3) is 0 Å². The zero-order chi connectivity index (χ0) is 14.6. The minimum Gasteiger partial charge on any atom is -0.472 e. The average molecular weight is 302 g/mol. The standard InChI is InChI=1S/C13H10ClF2NO3/c14-13(15,16)20-11-3-1-2-10(7-11)17-12(18)6-9-4-5-19-8-9/h1-5,7-8H,6H2,(H,17,18). The number of furan rings is 1. The van der Waals surface area contributed by atoms with E-state index in [4.69, 9.17) is 4.42 Å². The van der Waals surface area contributed by atoms with E-state index in [9.17, 15) is 13.6 Å². The van der Waals surface area contributed by atoms with Gasteiger partial charge in [-0.2, -0.15) is 0 Å². The third-order valence-electron chi connectivity index (χ3n) is 2.30. The van der Waals surface area contributed by atoms with Crippen LogP contribution in [0.4, 0.5) is 14.5 Å². The molecule has 20 heavy (non-hydrogen) atoms. The molecule has 0 aliphatic rings. The SMILES string of the molecule is O=C(Cc1ccoc1)Nc1cccc(OC(F)(F)Cl)c1. The first kappa shape index (κ1) is 14.3. The van der Waals surface area contributed by atoms with Crippen LogP contribution in [0.15, 0.2) is 47.3 Å². The van der Waals surface area contributed by atoms with Crippen LogP contribution in [0.25, 0.3) is 0 Å². The van der Waals surface area contributed by atoms with E-state index >= 15 is 0 Å². The highest BCUT2D eigenvalue weighted by Gasteiger charge is 2.27. The molecular weight excluding hydrogens is 292 g/mol. The van der Waals surface area contributed by atoms with Crippen LogP contribution in [0.3, 0.4) is 0 Å². The third-order valence-corrected chi connectivity index (χ3v) is 2.37. The molecule has 1 heterocycles. The Morgan fingerprint density at radius 3 is 2.85 bits per heavy atom. The van der Waals surface area contributed by atoms with E-state index in [1.165, 1.54) is 30.7 Å². The Bertz CT molecular complexity index is 582. The van der Waals surface area contributed by atoms with Crippen molar-refractivity contribution >= 4 is 23.2 Å². The first-order chi connectivity index (χ1) is 9.42. The Labute approximate surface area is 118 Å². The quantitative estimate of drug-likeness (QED) is 0.858. The summed E-state index contributed by atoms with van der Waals surface area (Å²) in [5.74, 6) is -0.452. The van der Waals surface area contributed by atoms with Crippen LogP contribution in [0.1, 0.15) is 5.56 Å². The van der Waals surface area contributed by atoms with Crippen molar-refractivity contribution in [2.75, 3.05) is 5.32 Å². The second-order valence-electron chi connectivity index (χ2n) is 3.93. The number of rotatable bonds is 5. The third kappa shape index (κ3) is 4.55. The predicted octanol–water partition coefficient (Wildman–Crippen LogP) is 3.63. The molecule has 106 valence electrons. The van der Waals surface area contributed by atoms with Crippen molar-refractivity contribution in [3.8, 4) is 5.75 Å². The smallest absolute Gasteiger partial charge is 0.472 e. The molecule has 2 rings (SSSR count).